The molecule has 4 aromatic rings. The minimum absolute atomic E-state index is 0.228. The number of anilines is 4. The number of aromatic nitrogens is 5. The molecule has 0 fully saturated rings. The average molecular weight is 440 g/mol. The highest BCUT2D eigenvalue weighted by Gasteiger charge is 2.34. The van der Waals surface area contributed by atoms with Crippen LogP contribution >= 0.6 is 0 Å². The smallest absolute Gasteiger partial charge is 0.439 e. The summed E-state index contributed by atoms with van der Waals surface area (Å²) in [5.41, 5.74) is 13.4. The molecule has 0 spiro atoms. The first kappa shape index (κ1) is 20.8. The Morgan fingerprint density at radius 1 is 0.844 bits per heavy atom. The number of alkyl halides is 3. The topological polar surface area (TPSA) is 138 Å². The van der Waals surface area contributed by atoms with Crippen LogP contribution in [-0.4, -0.2) is 24.9 Å². The maximum absolute atomic E-state index is 12.7. The zero-order valence-electron chi connectivity index (χ0n) is 16.2. The van der Waals surface area contributed by atoms with Crippen LogP contribution in [0.1, 0.15) is 5.82 Å². The number of nitrogen functional groups attached to an aromatic ring is 2. The van der Waals surface area contributed by atoms with Gasteiger partial charge < -0.3 is 21.5 Å². The molecule has 0 saturated heterocycles. The Kier molecular flexibility index (Phi) is 5.41. The first-order chi connectivity index (χ1) is 15.3. The number of halogens is 3. The SMILES string of the molecule is Nc1ccc(-c2cc(N)nc(Nc3ccc(Oc4ccnc(C(F)(F)F)n4)cc3)n2)cn1. The van der Waals surface area contributed by atoms with Crippen LogP contribution in [0.15, 0.2) is 60.9 Å². The molecule has 0 bridgehead atoms. The number of pyridine rings is 1. The molecule has 0 atom stereocenters. The van der Waals surface area contributed by atoms with Crippen LogP contribution in [0.25, 0.3) is 11.3 Å². The molecule has 1 aromatic carbocycles. The molecule has 9 nitrogen and oxygen atoms in total. The van der Waals surface area contributed by atoms with Gasteiger partial charge in [0.2, 0.25) is 17.7 Å². The number of nitrogens with zero attached hydrogens (tertiary/aromatic N) is 5. The fraction of sp³-hybridized carbons (Fsp3) is 0.0500. The maximum Gasteiger partial charge on any atom is 0.451 e. The highest BCUT2D eigenvalue weighted by atomic mass is 19.4. The summed E-state index contributed by atoms with van der Waals surface area (Å²) in [6.45, 7) is 0. The van der Waals surface area contributed by atoms with Gasteiger partial charge in [0.05, 0.1) is 5.69 Å². The lowest BCUT2D eigenvalue weighted by Gasteiger charge is -2.10. The third-order valence-corrected chi connectivity index (χ3v) is 4.04. The number of hydrogen-bond acceptors (Lipinski definition) is 9. The molecule has 32 heavy (non-hydrogen) atoms. The normalized spacial score (nSPS) is 11.2. The second kappa shape index (κ2) is 8.34. The van der Waals surface area contributed by atoms with Gasteiger partial charge in [-0.2, -0.15) is 23.1 Å². The van der Waals surface area contributed by atoms with Crippen molar-refractivity contribution in [3.63, 3.8) is 0 Å². The van der Waals surface area contributed by atoms with Gasteiger partial charge in [0.25, 0.3) is 0 Å². The molecule has 0 unspecified atom stereocenters. The second-order valence-corrected chi connectivity index (χ2v) is 6.44. The first-order valence-corrected chi connectivity index (χ1v) is 9.08. The van der Waals surface area contributed by atoms with E-state index in [0.717, 1.165) is 6.20 Å². The predicted octanol–water partition coefficient (Wildman–Crippen LogP) is 4.05. The second-order valence-electron chi connectivity index (χ2n) is 6.44. The molecule has 3 aromatic heterocycles. The molecule has 0 aliphatic rings. The third kappa shape index (κ3) is 4.98. The van der Waals surface area contributed by atoms with Gasteiger partial charge in [-0.3, -0.25) is 0 Å². The number of nitrogens with one attached hydrogen (secondary N) is 1. The molecule has 5 N–H and O–H groups in total. The fourth-order valence-corrected chi connectivity index (χ4v) is 2.62. The Hall–Kier alpha value is -4.48. The van der Waals surface area contributed by atoms with E-state index in [9.17, 15) is 13.2 Å². The van der Waals surface area contributed by atoms with Crippen molar-refractivity contribution in [2.24, 2.45) is 0 Å². The van der Waals surface area contributed by atoms with Crippen LogP contribution in [0.5, 0.6) is 11.6 Å². The minimum atomic E-state index is -4.66. The number of benzene rings is 1. The van der Waals surface area contributed by atoms with Crippen LogP contribution in [0.3, 0.4) is 0 Å². The summed E-state index contributed by atoms with van der Waals surface area (Å²) < 4.78 is 43.6. The van der Waals surface area contributed by atoms with Gasteiger partial charge in [-0.1, -0.05) is 0 Å². The van der Waals surface area contributed by atoms with Crippen LogP contribution in [0.4, 0.5) is 36.4 Å². The number of rotatable bonds is 5. The van der Waals surface area contributed by atoms with E-state index in [4.69, 9.17) is 16.2 Å². The van der Waals surface area contributed by atoms with E-state index in [2.05, 4.69) is 30.2 Å². The van der Waals surface area contributed by atoms with Crippen LogP contribution in [0, 0.1) is 0 Å². The number of ether oxygens (including phenoxy) is 1. The molecule has 0 saturated carbocycles. The van der Waals surface area contributed by atoms with Gasteiger partial charge in [-0.15, -0.1) is 0 Å². The zero-order chi connectivity index (χ0) is 22.7. The first-order valence-electron chi connectivity index (χ1n) is 9.08. The quantitative estimate of drug-likeness (QED) is 0.419. The van der Waals surface area contributed by atoms with Crippen molar-refractivity contribution in [2.75, 3.05) is 16.8 Å². The average Bonchev–Trinajstić information content (AvgIpc) is 2.75. The highest BCUT2D eigenvalue weighted by molar-refractivity contribution is 5.65. The van der Waals surface area contributed by atoms with E-state index in [1.165, 1.54) is 6.07 Å². The molecule has 3 heterocycles. The molecule has 12 heteroatoms. The monoisotopic (exact) mass is 440 g/mol. The van der Waals surface area contributed by atoms with Crippen molar-refractivity contribution >= 4 is 23.3 Å². The van der Waals surface area contributed by atoms with E-state index >= 15 is 0 Å². The zero-order valence-corrected chi connectivity index (χ0v) is 16.2. The Morgan fingerprint density at radius 3 is 2.31 bits per heavy atom. The van der Waals surface area contributed by atoms with Gasteiger partial charge in [-0.25, -0.2) is 15.0 Å². The summed E-state index contributed by atoms with van der Waals surface area (Å²) in [5.74, 6) is -0.347. The van der Waals surface area contributed by atoms with E-state index in [-0.39, 0.29) is 23.4 Å². The van der Waals surface area contributed by atoms with Crippen molar-refractivity contribution in [2.45, 2.75) is 6.18 Å². The third-order valence-electron chi connectivity index (χ3n) is 4.04. The molecule has 162 valence electrons. The molecule has 0 radical (unpaired) electrons. The van der Waals surface area contributed by atoms with Crippen molar-refractivity contribution in [1.29, 1.82) is 0 Å². The Morgan fingerprint density at radius 2 is 1.62 bits per heavy atom. The summed E-state index contributed by atoms with van der Waals surface area (Å²) in [4.78, 5) is 19.2. The maximum atomic E-state index is 12.7. The molecular weight excluding hydrogens is 425 g/mol. The van der Waals surface area contributed by atoms with Gasteiger partial charge >= 0.3 is 6.18 Å². The van der Waals surface area contributed by atoms with Gasteiger partial charge in [0, 0.05) is 35.8 Å². The van der Waals surface area contributed by atoms with Crippen LogP contribution in [-0.2, 0) is 6.18 Å². The van der Waals surface area contributed by atoms with E-state index < -0.39 is 12.0 Å². The molecule has 0 aliphatic heterocycles. The lowest BCUT2D eigenvalue weighted by Crippen LogP contribution is -2.10. The van der Waals surface area contributed by atoms with E-state index in [1.807, 2.05) is 0 Å². The van der Waals surface area contributed by atoms with Gasteiger partial charge in [-0.05, 0) is 36.4 Å². The summed E-state index contributed by atoms with van der Waals surface area (Å²) in [5, 5.41) is 3.01. The predicted molar refractivity (Wildman–Crippen MR) is 111 cm³/mol. The minimum Gasteiger partial charge on any atom is -0.439 e. The Bertz CT molecular complexity index is 1230. The van der Waals surface area contributed by atoms with Gasteiger partial charge in [0.1, 0.15) is 17.4 Å². The van der Waals surface area contributed by atoms with E-state index in [1.54, 1.807) is 48.7 Å². The summed E-state index contributed by atoms with van der Waals surface area (Å²) in [7, 11) is 0. The summed E-state index contributed by atoms with van der Waals surface area (Å²) in [6, 6.07) is 12.6. The molecular formula is C20H15F3N8O. The summed E-state index contributed by atoms with van der Waals surface area (Å²) >= 11 is 0. The lowest BCUT2D eigenvalue weighted by molar-refractivity contribution is -0.145. The molecule has 0 amide bonds. The van der Waals surface area contributed by atoms with Crippen LogP contribution in [0.2, 0.25) is 0 Å². The highest BCUT2D eigenvalue weighted by Crippen LogP contribution is 2.29. The van der Waals surface area contributed by atoms with Crippen molar-refractivity contribution in [3.05, 3.63) is 66.7 Å². The standard InChI is InChI=1S/C20H15F3N8O/c21-20(22,23)18-26-8-7-17(31-18)32-13-4-2-12(3-5-13)28-19-29-14(9-16(25)30-19)11-1-6-15(24)27-10-11/h1-10H,(H2,24,27)(H3,25,28,29,30). The Balaban J connectivity index is 1.49. The number of hydrogen-bond donors (Lipinski definition) is 3. The summed E-state index contributed by atoms with van der Waals surface area (Å²) in [6.07, 6.45) is -2.11. The van der Waals surface area contributed by atoms with Crippen LogP contribution < -0.4 is 21.5 Å². The molecule has 0 aliphatic carbocycles. The van der Waals surface area contributed by atoms with Crippen molar-refractivity contribution in [3.8, 4) is 22.9 Å². The van der Waals surface area contributed by atoms with Crippen molar-refractivity contribution in [1.82, 2.24) is 24.9 Å². The largest absolute Gasteiger partial charge is 0.451 e. The lowest BCUT2D eigenvalue weighted by atomic mass is 10.2. The fourth-order valence-electron chi connectivity index (χ4n) is 2.62. The number of nitrogens with two attached hydrogens (primary N) is 2. The Labute approximate surface area is 179 Å². The van der Waals surface area contributed by atoms with E-state index in [0.29, 0.717) is 22.8 Å². The molecule has 4 rings (SSSR count). The van der Waals surface area contributed by atoms with Gasteiger partial charge in [0.15, 0.2) is 0 Å². The van der Waals surface area contributed by atoms with Crippen molar-refractivity contribution < 1.29 is 17.9 Å².